The first-order valence-corrected chi connectivity index (χ1v) is 9.32. The molecule has 0 unspecified atom stereocenters. The minimum Gasteiger partial charge on any atom is -0.352 e. The van der Waals surface area contributed by atoms with E-state index in [-0.39, 0.29) is 5.91 Å². The Labute approximate surface area is 139 Å². The quantitative estimate of drug-likeness (QED) is 0.849. The highest BCUT2D eigenvalue weighted by Crippen LogP contribution is 2.24. The van der Waals surface area contributed by atoms with Gasteiger partial charge in [-0.3, -0.25) is 14.4 Å². The fraction of sp³-hybridized carbons (Fsp3) is 0.778. The number of hydrogen-bond acceptors (Lipinski definition) is 3. The second-order valence-electron chi connectivity index (χ2n) is 7.07. The van der Waals surface area contributed by atoms with Crippen molar-refractivity contribution in [3.05, 3.63) is 18.5 Å². The van der Waals surface area contributed by atoms with Gasteiger partial charge in [-0.25, -0.2) is 0 Å². The molecule has 128 valence electrons. The minimum atomic E-state index is 0.160. The van der Waals surface area contributed by atoms with Crippen LogP contribution in [0.5, 0.6) is 0 Å². The molecule has 3 rings (SSSR count). The van der Waals surface area contributed by atoms with Crippen molar-refractivity contribution in [2.75, 3.05) is 13.1 Å². The molecule has 1 aromatic rings. The Morgan fingerprint density at radius 3 is 2.70 bits per heavy atom. The molecule has 1 N–H and O–H groups in total. The summed E-state index contributed by atoms with van der Waals surface area (Å²) in [5.74, 6) is 0.160. The van der Waals surface area contributed by atoms with Gasteiger partial charge in [0.25, 0.3) is 0 Å². The van der Waals surface area contributed by atoms with E-state index in [9.17, 15) is 4.79 Å². The van der Waals surface area contributed by atoms with Crippen LogP contribution in [0.15, 0.2) is 18.5 Å². The van der Waals surface area contributed by atoms with Crippen molar-refractivity contribution < 1.29 is 4.79 Å². The molecule has 1 aliphatic heterocycles. The van der Waals surface area contributed by atoms with E-state index in [0.29, 0.717) is 19.0 Å². The lowest BCUT2D eigenvalue weighted by Gasteiger charge is -2.38. The van der Waals surface area contributed by atoms with E-state index in [1.165, 1.54) is 51.5 Å². The van der Waals surface area contributed by atoms with Gasteiger partial charge in [-0.15, -0.1) is 0 Å². The highest BCUT2D eigenvalue weighted by molar-refractivity contribution is 5.76. The number of nitrogens with zero attached hydrogens (tertiary/aromatic N) is 3. The maximum Gasteiger partial charge on any atom is 0.222 e. The van der Waals surface area contributed by atoms with Crippen LogP contribution in [-0.2, 0) is 11.3 Å². The first kappa shape index (κ1) is 16.5. The van der Waals surface area contributed by atoms with Crippen molar-refractivity contribution in [3.8, 4) is 0 Å². The topological polar surface area (TPSA) is 50.2 Å². The highest BCUT2D eigenvalue weighted by Gasteiger charge is 2.27. The number of rotatable bonds is 5. The smallest absolute Gasteiger partial charge is 0.222 e. The number of nitrogens with one attached hydrogen (secondary N) is 1. The Balaban J connectivity index is 1.43. The van der Waals surface area contributed by atoms with Gasteiger partial charge in [0.15, 0.2) is 0 Å². The summed E-state index contributed by atoms with van der Waals surface area (Å²) in [5, 5.41) is 7.39. The van der Waals surface area contributed by atoms with E-state index < -0.39 is 0 Å². The second kappa shape index (κ2) is 8.48. The van der Waals surface area contributed by atoms with Crippen LogP contribution in [0.4, 0.5) is 0 Å². The molecule has 2 heterocycles. The van der Waals surface area contributed by atoms with Crippen molar-refractivity contribution in [3.63, 3.8) is 0 Å². The number of carbonyl (C=O) groups excluding carboxylic acids is 1. The Morgan fingerprint density at radius 1 is 1.13 bits per heavy atom. The molecular weight excluding hydrogens is 288 g/mol. The van der Waals surface area contributed by atoms with Crippen molar-refractivity contribution in [2.45, 2.75) is 76.4 Å². The van der Waals surface area contributed by atoms with Crippen LogP contribution in [0.1, 0.15) is 57.8 Å². The molecule has 0 bridgehead atoms. The van der Waals surface area contributed by atoms with Crippen molar-refractivity contribution in [1.82, 2.24) is 20.0 Å². The SMILES string of the molecule is O=C(CCn1cccn1)N[C@@H]1CCCN(C2CCCCCC2)C1. The molecule has 1 saturated heterocycles. The van der Waals surface area contributed by atoms with Gasteiger partial charge in [0, 0.05) is 44.0 Å². The molecule has 1 aromatic heterocycles. The van der Waals surface area contributed by atoms with Gasteiger partial charge >= 0.3 is 0 Å². The molecule has 2 fully saturated rings. The summed E-state index contributed by atoms with van der Waals surface area (Å²) < 4.78 is 1.82. The summed E-state index contributed by atoms with van der Waals surface area (Å²) in [6.45, 7) is 2.92. The Bertz CT molecular complexity index is 465. The van der Waals surface area contributed by atoms with Crippen LogP contribution >= 0.6 is 0 Å². The molecule has 5 heteroatoms. The number of hydrogen-bond donors (Lipinski definition) is 1. The first-order valence-electron chi connectivity index (χ1n) is 9.32. The van der Waals surface area contributed by atoms with Gasteiger partial charge < -0.3 is 5.32 Å². The van der Waals surface area contributed by atoms with Crippen molar-refractivity contribution >= 4 is 5.91 Å². The monoisotopic (exact) mass is 318 g/mol. The molecule has 23 heavy (non-hydrogen) atoms. The van der Waals surface area contributed by atoms with E-state index in [4.69, 9.17) is 0 Å². The molecule has 0 radical (unpaired) electrons. The Morgan fingerprint density at radius 2 is 1.96 bits per heavy atom. The summed E-state index contributed by atoms with van der Waals surface area (Å²) in [6.07, 6.45) is 14.8. The molecule has 1 atom stereocenters. The van der Waals surface area contributed by atoms with Crippen molar-refractivity contribution in [2.24, 2.45) is 0 Å². The van der Waals surface area contributed by atoms with E-state index in [1.54, 1.807) is 6.20 Å². The van der Waals surface area contributed by atoms with Crippen LogP contribution in [0.25, 0.3) is 0 Å². The average molecular weight is 318 g/mol. The number of aryl methyl sites for hydroxylation is 1. The fourth-order valence-electron chi connectivity index (χ4n) is 4.03. The van der Waals surface area contributed by atoms with E-state index in [0.717, 1.165) is 19.0 Å². The van der Waals surface area contributed by atoms with Gasteiger partial charge in [-0.05, 0) is 38.3 Å². The Hall–Kier alpha value is -1.36. The summed E-state index contributed by atoms with van der Waals surface area (Å²) in [6, 6.07) is 2.97. The highest BCUT2D eigenvalue weighted by atomic mass is 16.1. The summed E-state index contributed by atoms with van der Waals surface area (Å²) in [7, 11) is 0. The summed E-state index contributed by atoms with van der Waals surface area (Å²) in [5.41, 5.74) is 0. The number of piperidine rings is 1. The zero-order chi connectivity index (χ0) is 15.9. The van der Waals surface area contributed by atoms with Crippen LogP contribution in [0, 0.1) is 0 Å². The third kappa shape index (κ3) is 5.06. The number of carbonyl (C=O) groups is 1. The summed E-state index contributed by atoms with van der Waals surface area (Å²) >= 11 is 0. The number of amides is 1. The largest absolute Gasteiger partial charge is 0.352 e. The molecule has 5 nitrogen and oxygen atoms in total. The maximum atomic E-state index is 12.2. The minimum absolute atomic E-state index is 0.160. The lowest BCUT2D eigenvalue weighted by molar-refractivity contribution is -0.122. The molecule has 1 saturated carbocycles. The fourth-order valence-corrected chi connectivity index (χ4v) is 4.03. The zero-order valence-electron chi connectivity index (χ0n) is 14.1. The van der Waals surface area contributed by atoms with Gasteiger partial charge in [0.2, 0.25) is 5.91 Å². The van der Waals surface area contributed by atoms with Crippen LogP contribution in [0.3, 0.4) is 0 Å². The molecule has 1 aliphatic carbocycles. The average Bonchev–Trinajstić information content (AvgIpc) is 2.93. The lowest BCUT2D eigenvalue weighted by atomic mass is 10.00. The van der Waals surface area contributed by atoms with Crippen LogP contribution in [-0.4, -0.2) is 45.8 Å². The van der Waals surface area contributed by atoms with Gasteiger partial charge in [-0.1, -0.05) is 25.7 Å². The third-order valence-corrected chi connectivity index (χ3v) is 5.29. The van der Waals surface area contributed by atoms with Crippen LogP contribution < -0.4 is 5.32 Å². The normalized spacial score (nSPS) is 24.3. The van der Waals surface area contributed by atoms with Gasteiger partial charge in [0.05, 0.1) is 0 Å². The molecule has 2 aliphatic rings. The van der Waals surface area contributed by atoms with Gasteiger partial charge in [-0.2, -0.15) is 5.10 Å². The second-order valence-corrected chi connectivity index (χ2v) is 7.07. The lowest BCUT2D eigenvalue weighted by Crippen LogP contribution is -2.51. The number of aromatic nitrogens is 2. The molecule has 0 aromatic carbocycles. The molecule has 1 amide bonds. The molecular formula is C18H30N4O. The van der Waals surface area contributed by atoms with Crippen molar-refractivity contribution in [1.29, 1.82) is 0 Å². The van der Waals surface area contributed by atoms with E-state index in [2.05, 4.69) is 15.3 Å². The number of likely N-dealkylation sites (tertiary alicyclic amines) is 1. The van der Waals surface area contributed by atoms with E-state index >= 15 is 0 Å². The van der Waals surface area contributed by atoms with Gasteiger partial charge in [0.1, 0.15) is 0 Å². The predicted octanol–water partition coefficient (Wildman–Crippen LogP) is 2.58. The Kier molecular flexibility index (Phi) is 6.08. The summed E-state index contributed by atoms with van der Waals surface area (Å²) in [4.78, 5) is 14.8. The maximum absolute atomic E-state index is 12.2. The van der Waals surface area contributed by atoms with E-state index in [1.807, 2.05) is 16.9 Å². The third-order valence-electron chi connectivity index (χ3n) is 5.29. The van der Waals surface area contributed by atoms with Crippen LogP contribution in [0.2, 0.25) is 0 Å². The predicted molar refractivity (Wildman–Crippen MR) is 91.1 cm³/mol. The molecule has 0 spiro atoms. The standard InChI is InChI=1S/C18H30N4O/c23-18(10-14-22-13-6-11-19-22)20-16-7-5-12-21(15-16)17-8-3-1-2-4-9-17/h6,11,13,16-17H,1-5,7-10,12,14-15H2,(H,20,23)/t16-/m1/s1. The zero-order valence-corrected chi connectivity index (χ0v) is 14.1. The first-order chi connectivity index (χ1) is 11.3.